The number of nitrogens with two attached hydrogens (primary N) is 1. The van der Waals surface area contributed by atoms with Crippen LogP contribution in [0.15, 0.2) is 53.4 Å². The Kier molecular flexibility index (Phi) is 4.58. The van der Waals surface area contributed by atoms with Crippen LogP contribution in [-0.4, -0.2) is 15.5 Å². The van der Waals surface area contributed by atoms with Gasteiger partial charge in [0.15, 0.2) is 0 Å². The average Bonchev–Trinajstić information content (AvgIpc) is 2.48. The molecule has 0 spiro atoms. The van der Waals surface area contributed by atoms with Crippen LogP contribution in [0.2, 0.25) is 0 Å². The van der Waals surface area contributed by atoms with Gasteiger partial charge < -0.3 is 10.0 Å². The van der Waals surface area contributed by atoms with Crippen molar-refractivity contribution in [2.45, 2.75) is 11.4 Å². The Morgan fingerprint density at radius 2 is 1.71 bits per heavy atom. The summed E-state index contributed by atoms with van der Waals surface area (Å²) in [7, 11) is -1.78. The minimum absolute atomic E-state index is 0.159. The molecule has 0 heterocycles. The van der Waals surface area contributed by atoms with Crippen molar-refractivity contribution in [3.8, 4) is 6.07 Å². The van der Waals surface area contributed by atoms with Crippen molar-refractivity contribution < 1.29 is 13.7 Å². The summed E-state index contributed by atoms with van der Waals surface area (Å²) in [4.78, 5) is 0.159. The molecule has 0 amide bonds. The van der Waals surface area contributed by atoms with Crippen molar-refractivity contribution in [1.82, 2.24) is 0 Å². The molecule has 108 valence electrons. The first-order valence-corrected chi connectivity index (χ1v) is 7.84. The van der Waals surface area contributed by atoms with E-state index in [0.29, 0.717) is 11.3 Å². The van der Waals surface area contributed by atoms with Crippen molar-refractivity contribution in [2.75, 3.05) is 7.05 Å². The summed E-state index contributed by atoms with van der Waals surface area (Å²) in [6, 6.07) is 14.7. The minimum atomic E-state index is -3.73. The van der Waals surface area contributed by atoms with E-state index >= 15 is 0 Å². The molecule has 0 radical (unpaired) electrons. The number of benzene rings is 2. The van der Waals surface area contributed by atoms with E-state index in [1.807, 2.05) is 18.4 Å². The second-order valence-corrected chi connectivity index (χ2v) is 6.09. The molecule has 0 aromatic heterocycles. The highest BCUT2D eigenvalue weighted by Gasteiger charge is 2.05. The summed E-state index contributed by atoms with van der Waals surface area (Å²) in [5.41, 5.74) is 1.82. The van der Waals surface area contributed by atoms with Crippen molar-refractivity contribution in [3.63, 3.8) is 0 Å². The Balaban J connectivity index is 2.19. The maximum absolute atomic E-state index is 12.2. The third-order valence-corrected chi connectivity index (χ3v) is 4.20. The maximum Gasteiger partial charge on any atom is 0.123 e. The monoisotopic (exact) mass is 301 g/mol. The molecule has 0 saturated carbocycles. The summed E-state index contributed by atoms with van der Waals surface area (Å²) in [5, 5.41) is 10.7. The molecule has 0 bridgehead atoms. The van der Waals surface area contributed by atoms with Gasteiger partial charge in [-0.3, -0.25) is 0 Å². The predicted octanol–water partition coefficient (Wildman–Crippen LogP) is 1.65. The van der Waals surface area contributed by atoms with E-state index in [4.69, 9.17) is 5.26 Å². The Labute approximate surface area is 124 Å². The largest absolute Gasteiger partial charge is 0.573 e. The van der Waals surface area contributed by atoms with Gasteiger partial charge in [-0.1, -0.05) is 24.3 Å². The van der Waals surface area contributed by atoms with Crippen molar-refractivity contribution in [1.29, 1.82) is 5.26 Å². The summed E-state index contributed by atoms with van der Waals surface area (Å²) < 4.78 is 28.1. The van der Waals surface area contributed by atoms with Gasteiger partial charge in [0.25, 0.3) is 0 Å². The zero-order chi connectivity index (χ0) is 15.3. The normalized spacial score (nSPS) is 10.9. The van der Waals surface area contributed by atoms with Gasteiger partial charge in [-0.2, -0.15) is 5.26 Å². The fraction of sp³-hybridized carbons (Fsp3) is 0.133. The standard InChI is InChI=1S/C15H14N3O2S/c1-17-11-13-4-8-15(9-5-13)21(19,20)18-14-6-2-12(10-16)3-7-14/h2-9,17H,11H2,1H3/q-1/p+1. The molecule has 2 N–H and O–H groups in total. The van der Waals surface area contributed by atoms with E-state index in [1.54, 1.807) is 24.3 Å². The van der Waals surface area contributed by atoms with Crippen LogP contribution in [0.3, 0.4) is 0 Å². The Morgan fingerprint density at radius 1 is 1.10 bits per heavy atom. The van der Waals surface area contributed by atoms with E-state index in [9.17, 15) is 8.42 Å². The molecular formula is C15H15N3O2S. The van der Waals surface area contributed by atoms with Crippen molar-refractivity contribution in [3.05, 3.63) is 64.4 Å². The van der Waals surface area contributed by atoms with Crippen LogP contribution in [0.4, 0.5) is 5.69 Å². The fourth-order valence-electron chi connectivity index (χ4n) is 1.82. The Morgan fingerprint density at radius 3 is 2.24 bits per heavy atom. The van der Waals surface area contributed by atoms with E-state index in [2.05, 4.69) is 4.72 Å². The number of sulfonamides is 1. The van der Waals surface area contributed by atoms with Crippen molar-refractivity contribution in [2.24, 2.45) is 0 Å². The summed E-state index contributed by atoms with van der Waals surface area (Å²) in [6.07, 6.45) is 0. The molecule has 5 nitrogen and oxygen atoms in total. The Hall–Kier alpha value is -2.36. The van der Waals surface area contributed by atoms with E-state index < -0.39 is 10.0 Å². The highest BCUT2D eigenvalue weighted by atomic mass is 32.2. The lowest BCUT2D eigenvalue weighted by molar-refractivity contribution is -0.643. The molecule has 2 rings (SSSR count). The number of nitrogens with zero attached hydrogens (tertiary/aromatic N) is 2. The lowest BCUT2D eigenvalue weighted by atomic mass is 10.2. The second-order valence-electron chi connectivity index (χ2n) is 4.48. The molecule has 0 atom stereocenters. The van der Waals surface area contributed by atoms with Crippen LogP contribution in [0.25, 0.3) is 4.72 Å². The molecule has 21 heavy (non-hydrogen) atoms. The van der Waals surface area contributed by atoms with E-state index in [-0.39, 0.29) is 4.90 Å². The van der Waals surface area contributed by atoms with E-state index in [1.165, 1.54) is 24.3 Å². The van der Waals surface area contributed by atoms with Crippen LogP contribution in [-0.2, 0) is 16.6 Å². The molecule has 0 unspecified atom stereocenters. The summed E-state index contributed by atoms with van der Waals surface area (Å²) in [5.74, 6) is 0. The highest BCUT2D eigenvalue weighted by molar-refractivity contribution is 7.94. The molecule has 0 aliphatic carbocycles. The molecular weight excluding hydrogens is 286 g/mol. The zero-order valence-corrected chi connectivity index (χ0v) is 12.3. The van der Waals surface area contributed by atoms with Crippen molar-refractivity contribution >= 4 is 15.7 Å². The first-order chi connectivity index (χ1) is 10.0. The van der Waals surface area contributed by atoms with Crippen LogP contribution in [0.1, 0.15) is 11.1 Å². The molecule has 0 aliphatic heterocycles. The van der Waals surface area contributed by atoms with Gasteiger partial charge in [0, 0.05) is 5.56 Å². The molecule has 0 fully saturated rings. The molecule has 2 aromatic carbocycles. The SMILES string of the molecule is C[NH2+]Cc1ccc(S(=O)(=O)[N-]c2ccc(C#N)cc2)cc1. The van der Waals surface area contributed by atoms with Crippen LogP contribution < -0.4 is 5.32 Å². The van der Waals surface area contributed by atoms with Gasteiger partial charge in [-0.25, -0.2) is 8.42 Å². The number of hydrogen-bond acceptors (Lipinski definition) is 3. The molecule has 0 aliphatic rings. The maximum atomic E-state index is 12.2. The van der Waals surface area contributed by atoms with Gasteiger partial charge in [-0.05, 0) is 24.3 Å². The smallest absolute Gasteiger partial charge is 0.123 e. The number of quaternary nitrogens is 1. The molecule has 2 aromatic rings. The van der Waals surface area contributed by atoms with Crippen LogP contribution >= 0.6 is 0 Å². The third-order valence-electron chi connectivity index (χ3n) is 2.88. The topological polar surface area (TPSA) is 88.6 Å². The van der Waals surface area contributed by atoms with Gasteiger partial charge in [0.05, 0.1) is 23.6 Å². The van der Waals surface area contributed by atoms with Gasteiger partial charge in [-0.15, -0.1) is 5.69 Å². The van der Waals surface area contributed by atoms with Crippen LogP contribution in [0, 0.1) is 11.3 Å². The lowest BCUT2D eigenvalue weighted by Gasteiger charge is -2.21. The van der Waals surface area contributed by atoms with Gasteiger partial charge in [0.1, 0.15) is 16.6 Å². The number of nitriles is 1. The molecule has 6 heteroatoms. The highest BCUT2D eigenvalue weighted by Crippen LogP contribution is 2.27. The van der Waals surface area contributed by atoms with E-state index in [0.717, 1.165) is 12.1 Å². The molecule has 0 saturated heterocycles. The first kappa shape index (κ1) is 15.0. The lowest BCUT2D eigenvalue weighted by Crippen LogP contribution is -2.77. The fourth-order valence-corrected chi connectivity index (χ4v) is 2.81. The van der Waals surface area contributed by atoms with Crippen LogP contribution in [0.5, 0.6) is 0 Å². The van der Waals surface area contributed by atoms with Gasteiger partial charge >= 0.3 is 0 Å². The zero-order valence-electron chi connectivity index (χ0n) is 11.5. The third kappa shape index (κ3) is 3.81. The second kappa shape index (κ2) is 6.39. The predicted molar refractivity (Wildman–Crippen MR) is 79.4 cm³/mol. The Bertz CT molecular complexity index is 745. The first-order valence-electron chi connectivity index (χ1n) is 6.40. The minimum Gasteiger partial charge on any atom is -0.573 e. The number of hydrogen-bond donors (Lipinski definition) is 1. The quantitative estimate of drug-likeness (QED) is 0.910. The average molecular weight is 301 g/mol. The number of rotatable bonds is 5. The van der Waals surface area contributed by atoms with Gasteiger partial charge in [0.2, 0.25) is 0 Å². The summed E-state index contributed by atoms with van der Waals surface area (Å²) in [6.45, 7) is 0.799. The summed E-state index contributed by atoms with van der Waals surface area (Å²) >= 11 is 0.